The maximum Gasteiger partial charge on any atom is 0.159 e. The van der Waals surface area contributed by atoms with Gasteiger partial charge in [0.25, 0.3) is 0 Å². The number of benzene rings is 8. The zero-order valence-electron chi connectivity index (χ0n) is 31.2. The molecular weight excluding hydrogens is 687 g/mol. The highest BCUT2D eigenvalue weighted by Gasteiger charge is 2.40. The maximum atomic E-state index is 7.40. The Kier molecular flexibility index (Phi) is 6.10. The highest BCUT2D eigenvalue weighted by atomic mass is 32.1. The van der Waals surface area contributed by atoms with Crippen molar-refractivity contribution in [3.63, 3.8) is 0 Å². The normalized spacial score (nSPS) is 14.8. The summed E-state index contributed by atoms with van der Waals surface area (Å²) in [7, 11) is 0. The highest BCUT2D eigenvalue weighted by molar-refractivity contribution is 7.25. The van der Waals surface area contributed by atoms with Gasteiger partial charge in [-0.2, -0.15) is 0 Å². The van der Waals surface area contributed by atoms with Crippen molar-refractivity contribution in [1.29, 1.82) is 0 Å². The van der Waals surface area contributed by atoms with Gasteiger partial charge in [0.2, 0.25) is 0 Å². The van der Waals surface area contributed by atoms with Crippen LogP contribution in [-0.4, -0.2) is 0 Å². The largest absolute Gasteiger partial charge is 0.453 e. The number of rotatable bonds is 3. The summed E-state index contributed by atoms with van der Waals surface area (Å²) in [6.07, 6.45) is 0. The molecule has 0 spiro atoms. The van der Waals surface area contributed by atoms with Crippen molar-refractivity contribution in [2.24, 2.45) is 0 Å². The van der Waals surface area contributed by atoms with Crippen molar-refractivity contribution in [2.75, 3.05) is 4.90 Å². The molecule has 0 bridgehead atoms. The highest BCUT2D eigenvalue weighted by Crippen LogP contribution is 2.57. The molecule has 12 rings (SSSR count). The maximum absolute atomic E-state index is 7.40. The Morgan fingerprint density at radius 3 is 1.91 bits per heavy atom. The van der Waals surface area contributed by atoms with E-state index in [9.17, 15) is 0 Å². The molecule has 3 heteroatoms. The summed E-state index contributed by atoms with van der Waals surface area (Å²) in [6, 6.07) is 56.3. The van der Waals surface area contributed by atoms with Gasteiger partial charge in [-0.25, -0.2) is 0 Å². The molecule has 2 heterocycles. The van der Waals surface area contributed by atoms with Crippen LogP contribution in [-0.2, 0) is 10.8 Å². The average molecular weight is 724 g/mol. The minimum absolute atomic E-state index is 0.133. The van der Waals surface area contributed by atoms with Crippen molar-refractivity contribution in [1.82, 2.24) is 0 Å². The van der Waals surface area contributed by atoms with Gasteiger partial charge in [-0.15, -0.1) is 11.3 Å². The van der Waals surface area contributed by atoms with Gasteiger partial charge in [-0.05, 0) is 92.2 Å². The Hall–Kier alpha value is -6.16. The zero-order valence-corrected chi connectivity index (χ0v) is 32.0. The Morgan fingerprint density at radius 1 is 0.455 bits per heavy atom. The fraction of sp³-hybridized carbons (Fsp3) is 0.115. The van der Waals surface area contributed by atoms with Gasteiger partial charge < -0.3 is 9.32 Å². The number of furan rings is 1. The lowest BCUT2D eigenvalue weighted by molar-refractivity contribution is 0.657. The lowest BCUT2D eigenvalue weighted by Crippen LogP contribution is -2.16. The molecule has 0 radical (unpaired) electrons. The number of fused-ring (bicyclic) bond motifs is 16. The SMILES string of the molecule is CC1(C)c2ccccc2-c2ccc(N(c3ccc4sc5ccccc5c4c3)c3cccc4c3oc3c5c(c6ccccc6c34)C(C)(C)c3ccccc3-5)cc21. The first kappa shape index (κ1) is 31.2. The summed E-state index contributed by atoms with van der Waals surface area (Å²) >= 11 is 1.86. The van der Waals surface area contributed by atoms with E-state index in [1.54, 1.807) is 0 Å². The molecule has 0 N–H and O–H groups in total. The van der Waals surface area contributed by atoms with Gasteiger partial charge >= 0.3 is 0 Å². The molecule has 2 aliphatic carbocycles. The number of nitrogens with zero attached hydrogens (tertiary/aromatic N) is 1. The molecule has 0 unspecified atom stereocenters. The van der Waals surface area contributed by atoms with E-state index in [0.29, 0.717) is 0 Å². The first-order chi connectivity index (χ1) is 26.8. The van der Waals surface area contributed by atoms with Crippen molar-refractivity contribution in [2.45, 2.75) is 38.5 Å². The summed E-state index contributed by atoms with van der Waals surface area (Å²) in [5.41, 5.74) is 15.4. The minimum Gasteiger partial charge on any atom is -0.453 e. The van der Waals surface area contributed by atoms with E-state index in [1.165, 1.54) is 80.8 Å². The molecule has 0 saturated carbocycles. The number of hydrogen-bond acceptors (Lipinski definition) is 3. The van der Waals surface area contributed by atoms with Crippen LogP contribution in [0.3, 0.4) is 0 Å². The van der Waals surface area contributed by atoms with Crippen LogP contribution in [0.1, 0.15) is 49.9 Å². The second-order valence-corrected chi connectivity index (χ2v) is 17.5. The van der Waals surface area contributed by atoms with Crippen LogP contribution >= 0.6 is 11.3 Å². The van der Waals surface area contributed by atoms with Crippen molar-refractivity contribution < 1.29 is 4.42 Å². The molecule has 0 fully saturated rings. The standard InChI is InChI=1S/C52H37NOS/c1-51(2)40-20-10-7-14-32(40)33-26-24-31(29-42(33)51)53(30-25-27-45-39(28-30)34-15-9-12-23-44(34)55-45)43-22-13-19-38-46-35-16-5-6-17-36(35)48-47(50(46)54-49(38)43)37-18-8-11-21-41(37)52(48,3)4/h5-29H,1-4H3. The van der Waals surface area contributed by atoms with E-state index in [0.717, 1.165) is 33.6 Å². The lowest BCUT2D eigenvalue weighted by atomic mass is 9.79. The summed E-state index contributed by atoms with van der Waals surface area (Å²) in [4.78, 5) is 2.44. The fourth-order valence-electron chi connectivity index (χ4n) is 10.3. The number of hydrogen-bond donors (Lipinski definition) is 0. The average Bonchev–Trinajstić information content (AvgIpc) is 3.91. The topological polar surface area (TPSA) is 16.4 Å². The van der Waals surface area contributed by atoms with Crippen molar-refractivity contribution in [3.8, 4) is 22.3 Å². The molecule has 0 saturated heterocycles. The smallest absolute Gasteiger partial charge is 0.159 e. The summed E-state index contributed by atoms with van der Waals surface area (Å²) < 4.78 is 10.00. The number of para-hydroxylation sites is 1. The van der Waals surface area contributed by atoms with Crippen LogP contribution < -0.4 is 4.90 Å². The molecule has 8 aromatic carbocycles. The van der Waals surface area contributed by atoms with Gasteiger partial charge in [-0.1, -0.05) is 137 Å². The van der Waals surface area contributed by atoms with E-state index < -0.39 is 0 Å². The molecule has 10 aromatic rings. The molecule has 262 valence electrons. The van der Waals surface area contributed by atoms with Crippen LogP contribution in [0.15, 0.2) is 156 Å². The van der Waals surface area contributed by atoms with Gasteiger partial charge in [0, 0.05) is 58.7 Å². The van der Waals surface area contributed by atoms with E-state index in [4.69, 9.17) is 4.42 Å². The summed E-state index contributed by atoms with van der Waals surface area (Å²) in [5.74, 6) is 0. The summed E-state index contributed by atoms with van der Waals surface area (Å²) in [5, 5.41) is 7.42. The molecule has 2 aliphatic rings. The first-order valence-corrected chi connectivity index (χ1v) is 20.1. The second-order valence-electron chi connectivity index (χ2n) is 16.4. The Labute approximate surface area is 323 Å². The first-order valence-electron chi connectivity index (χ1n) is 19.3. The minimum atomic E-state index is -0.166. The van der Waals surface area contributed by atoms with Crippen molar-refractivity contribution >= 4 is 81.3 Å². The van der Waals surface area contributed by atoms with Crippen LogP contribution in [0, 0.1) is 0 Å². The second kappa shape index (κ2) is 10.7. The Bertz CT molecular complexity index is 3280. The van der Waals surface area contributed by atoms with Gasteiger partial charge in [0.05, 0.1) is 5.69 Å². The number of anilines is 3. The van der Waals surface area contributed by atoms with E-state index in [1.807, 2.05) is 11.3 Å². The third kappa shape index (κ3) is 4.04. The molecule has 55 heavy (non-hydrogen) atoms. The van der Waals surface area contributed by atoms with Crippen LogP contribution in [0.4, 0.5) is 17.1 Å². The molecule has 2 aromatic heterocycles. The predicted molar refractivity (Wildman–Crippen MR) is 234 cm³/mol. The molecule has 0 aliphatic heterocycles. The van der Waals surface area contributed by atoms with Crippen LogP contribution in [0.2, 0.25) is 0 Å². The van der Waals surface area contributed by atoms with E-state index in [-0.39, 0.29) is 10.8 Å². The third-order valence-electron chi connectivity index (χ3n) is 12.8. The number of thiophene rings is 1. The monoisotopic (exact) mass is 723 g/mol. The molecular formula is C52H37NOS. The summed E-state index contributed by atoms with van der Waals surface area (Å²) in [6.45, 7) is 9.45. The zero-order chi connectivity index (χ0) is 36.8. The van der Waals surface area contributed by atoms with Crippen molar-refractivity contribution in [3.05, 3.63) is 174 Å². The van der Waals surface area contributed by atoms with Gasteiger partial charge in [0.1, 0.15) is 5.58 Å². The third-order valence-corrected chi connectivity index (χ3v) is 14.0. The molecule has 0 atom stereocenters. The predicted octanol–water partition coefficient (Wildman–Crippen LogP) is 15.2. The Balaban J connectivity index is 1.18. The van der Waals surface area contributed by atoms with Crippen LogP contribution in [0.5, 0.6) is 0 Å². The van der Waals surface area contributed by atoms with Gasteiger partial charge in [0.15, 0.2) is 5.58 Å². The van der Waals surface area contributed by atoms with Gasteiger partial charge in [-0.3, -0.25) is 0 Å². The van der Waals surface area contributed by atoms with E-state index >= 15 is 0 Å². The van der Waals surface area contributed by atoms with E-state index in [2.05, 4.69) is 184 Å². The molecule has 2 nitrogen and oxygen atoms in total. The lowest BCUT2D eigenvalue weighted by Gasteiger charge is -2.28. The van der Waals surface area contributed by atoms with Crippen LogP contribution in [0.25, 0.3) is 75.1 Å². The Morgan fingerprint density at radius 2 is 1.07 bits per heavy atom. The fourth-order valence-corrected chi connectivity index (χ4v) is 11.4. The molecule has 0 amide bonds. The quantitative estimate of drug-likeness (QED) is 0.180.